The topological polar surface area (TPSA) is 75.6 Å². The molecule has 1 aliphatic heterocycles. The summed E-state index contributed by atoms with van der Waals surface area (Å²) in [7, 11) is 0. The average molecular weight is 356 g/mol. The molecule has 0 aromatic heterocycles. The zero-order chi connectivity index (χ0) is 15.3. The van der Waals surface area contributed by atoms with Crippen molar-refractivity contribution in [3.05, 3.63) is 34.3 Å². The maximum Gasteiger partial charge on any atom is 0.305 e. The van der Waals surface area contributed by atoms with Gasteiger partial charge in [0.25, 0.3) is 0 Å². The van der Waals surface area contributed by atoms with Gasteiger partial charge < -0.3 is 15.2 Å². The SMILES string of the molecule is O=C(O)CC1(NC(=O)Cc2cccc(Br)c2)CCOCC1. The van der Waals surface area contributed by atoms with E-state index in [-0.39, 0.29) is 18.7 Å². The molecule has 114 valence electrons. The summed E-state index contributed by atoms with van der Waals surface area (Å²) in [6.07, 6.45) is 1.23. The van der Waals surface area contributed by atoms with E-state index in [0.29, 0.717) is 26.1 Å². The standard InChI is InChI=1S/C15H18BrNO4/c16-12-3-1-2-11(8-12)9-13(18)17-15(10-14(19)20)4-6-21-7-5-15/h1-3,8H,4-7,9-10H2,(H,17,18)(H,19,20). The number of nitrogens with one attached hydrogen (secondary N) is 1. The number of carbonyl (C=O) groups excluding carboxylic acids is 1. The van der Waals surface area contributed by atoms with Gasteiger partial charge in [0.1, 0.15) is 0 Å². The summed E-state index contributed by atoms with van der Waals surface area (Å²) in [6, 6.07) is 7.52. The number of hydrogen-bond donors (Lipinski definition) is 2. The van der Waals surface area contributed by atoms with Gasteiger partial charge in [-0.2, -0.15) is 0 Å². The Kier molecular flexibility index (Phi) is 5.36. The van der Waals surface area contributed by atoms with Gasteiger partial charge in [0.2, 0.25) is 5.91 Å². The Morgan fingerprint density at radius 2 is 2.05 bits per heavy atom. The monoisotopic (exact) mass is 355 g/mol. The number of amides is 1. The molecule has 0 radical (unpaired) electrons. The van der Waals surface area contributed by atoms with Crippen LogP contribution in [0.5, 0.6) is 0 Å². The van der Waals surface area contributed by atoms with Gasteiger partial charge in [0.15, 0.2) is 0 Å². The third-order valence-electron chi connectivity index (χ3n) is 3.60. The third kappa shape index (κ3) is 4.82. The van der Waals surface area contributed by atoms with Gasteiger partial charge in [-0.05, 0) is 30.5 Å². The van der Waals surface area contributed by atoms with Crippen molar-refractivity contribution in [1.82, 2.24) is 5.32 Å². The number of aliphatic carboxylic acids is 1. The first-order valence-corrected chi connectivity index (χ1v) is 7.63. The molecule has 0 spiro atoms. The Morgan fingerprint density at radius 1 is 1.33 bits per heavy atom. The molecule has 5 nitrogen and oxygen atoms in total. The maximum atomic E-state index is 12.2. The molecule has 1 aliphatic rings. The van der Waals surface area contributed by atoms with Crippen LogP contribution in [0.2, 0.25) is 0 Å². The Balaban J connectivity index is 2.02. The Labute approximate surface area is 131 Å². The number of carboxylic acid groups (broad SMARTS) is 1. The highest BCUT2D eigenvalue weighted by Gasteiger charge is 2.36. The first-order valence-electron chi connectivity index (χ1n) is 6.84. The first kappa shape index (κ1) is 16.0. The van der Waals surface area contributed by atoms with Crippen molar-refractivity contribution < 1.29 is 19.4 Å². The van der Waals surface area contributed by atoms with Crippen molar-refractivity contribution in [2.45, 2.75) is 31.2 Å². The molecule has 1 fully saturated rings. The van der Waals surface area contributed by atoms with E-state index in [1.807, 2.05) is 24.3 Å². The van der Waals surface area contributed by atoms with Crippen LogP contribution < -0.4 is 5.32 Å². The van der Waals surface area contributed by atoms with Crippen LogP contribution >= 0.6 is 15.9 Å². The zero-order valence-electron chi connectivity index (χ0n) is 11.6. The van der Waals surface area contributed by atoms with Crippen LogP contribution in [0.15, 0.2) is 28.7 Å². The van der Waals surface area contributed by atoms with Crippen molar-refractivity contribution in [3.8, 4) is 0 Å². The van der Waals surface area contributed by atoms with Gasteiger partial charge in [-0.1, -0.05) is 28.1 Å². The second-order valence-corrected chi connectivity index (χ2v) is 6.23. The molecule has 0 unspecified atom stereocenters. The number of rotatable bonds is 5. The molecule has 0 atom stereocenters. The van der Waals surface area contributed by atoms with Crippen LogP contribution in [0, 0.1) is 0 Å². The fraction of sp³-hybridized carbons (Fsp3) is 0.467. The van der Waals surface area contributed by atoms with E-state index in [9.17, 15) is 9.59 Å². The molecule has 0 saturated carbocycles. The van der Waals surface area contributed by atoms with Gasteiger partial charge in [0, 0.05) is 17.7 Å². The van der Waals surface area contributed by atoms with Crippen molar-refractivity contribution in [2.75, 3.05) is 13.2 Å². The Bertz CT molecular complexity index is 526. The lowest BCUT2D eigenvalue weighted by atomic mass is 9.86. The van der Waals surface area contributed by atoms with Crippen molar-refractivity contribution in [2.24, 2.45) is 0 Å². The molecular formula is C15H18BrNO4. The van der Waals surface area contributed by atoms with Gasteiger partial charge in [-0.3, -0.25) is 9.59 Å². The van der Waals surface area contributed by atoms with E-state index in [1.54, 1.807) is 0 Å². The van der Waals surface area contributed by atoms with Gasteiger partial charge >= 0.3 is 5.97 Å². The smallest absolute Gasteiger partial charge is 0.305 e. The fourth-order valence-corrected chi connectivity index (χ4v) is 3.02. The van der Waals surface area contributed by atoms with Crippen molar-refractivity contribution in [3.63, 3.8) is 0 Å². The number of halogens is 1. The quantitative estimate of drug-likeness (QED) is 0.848. The predicted octanol–water partition coefficient (Wildman–Crippen LogP) is 2.13. The Hall–Kier alpha value is -1.40. The molecule has 0 bridgehead atoms. The molecule has 1 aromatic rings. The van der Waals surface area contributed by atoms with Gasteiger partial charge in [0.05, 0.1) is 18.4 Å². The van der Waals surface area contributed by atoms with E-state index in [1.165, 1.54) is 0 Å². The van der Waals surface area contributed by atoms with Crippen molar-refractivity contribution in [1.29, 1.82) is 0 Å². The highest BCUT2D eigenvalue weighted by atomic mass is 79.9. The average Bonchev–Trinajstić information content (AvgIpc) is 2.38. The number of benzene rings is 1. The van der Waals surface area contributed by atoms with Crippen LogP contribution in [0.3, 0.4) is 0 Å². The largest absolute Gasteiger partial charge is 0.481 e. The lowest BCUT2D eigenvalue weighted by Crippen LogP contribution is -2.53. The van der Waals surface area contributed by atoms with Crippen LogP contribution in [-0.4, -0.2) is 35.7 Å². The second-order valence-electron chi connectivity index (χ2n) is 5.32. The summed E-state index contributed by atoms with van der Waals surface area (Å²) in [5.41, 5.74) is 0.201. The number of carboxylic acids is 1. The van der Waals surface area contributed by atoms with E-state index < -0.39 is 11.5 Å². The summed E-state index contributed by atoms with van der Waals surface area (Å²) >= 11 is 3.37. The molecule has 0 aliphatic carbocycles. The summed E-state index contributed by atoms with van der Waals surface area (Å²) in [5, 5.41) is 12.0. The predicted molar refractivity (Wildman–Crippen MR) is 81.0 cm³/mol. The summed E-state index contributed by atoms with van der Waals surface area (Å²) in [5.74, 6) is -1.06. The van der Waals surface area contributed by atoms with E-state index >= 15 is 0 Å². The summed E-state index contributed by atoms with van der Waals surface area (Å²) in [4.78, 5) is 23.3. The maximum absolute atomic E-state index is 12.2. The Morgan fingerprint density at radius 3 is 2.67 bits per heavy atom. The minimum Gasteiger partial charge on any atom is -0.481 e. The first-order chi connectivity index (χ1) is 9.99. The van der Waals surface area contributed by atoms with Gasteiger partial charge in [-0.25, -0.2) is 0 Å². The minimum atomic E-state index is -0.903. The number of carbonyl (C=O) groups is 2. The molecule has 1 heterocycles. The van der Waals surface area contributed by atoms with Crippen LogP contribution in [0.1, 0.15) is 24.8 Å². The molecule has 2 rings (SSSR count). The van der Waals surface area contributed by atoms with Crippen LogP contribution in [0.25, 0.3) is 0 Å². The molecule has 2 N–H and O–H groups in total. The van der Waals surface area contributed by atoms with E-state index in [2.05, 4.69) is 21.2 Å². The second kappa shape index (κ2) is 7.04. The number of ether oxygens (including phenoxy) is 1. The van der Waals surface area contributed by atoms with Crippen LogP contribution in [-0.2, 0) is 20.7 Å². The molecule has 6 heteroatoms. The third-order valence-corrected chi connectivity index (χ3v) is 4.09. The lowest BCUT2D eigenvalue weighted by molar-refractivity contribution is -0.140. The van der Waals surface area contributed by atoms with Crippen molar-refractivity contribution >= 4 is 27.8 Å². The normalized spacial score (nSPS) is 17.2. The highest BCUT2D eigenvalue weighted by molar-refractivity contribution is 9.10. The molecule has 1 aromatic carbocycles. The molecule has 1 amide bonds. The van der Waals surface area contributed by atoms with Crippen LogP contribution in [0.4, 0.5) is 0 Å². The van der Waals surface area contributed by atoms with E-state index in [4.69, 9.17) is 9.84 Å². The zero-order valence-corrected chi connectivity index (χ0v) is 13.2. The number of hydrogen-bond acceptors (Lipinski definition) is 3. The summed E-state index contributed by atoms with van der Waals surface area (Å²) in [6.45, 7) is 0.953. The van der Waals surface area contributed by atoms with Gasteiger partial charge in [-0.15, -0.1) is 0 Å². The van der Waals surface area contributed by atoms with E-state index in [0.717, 1.165) is 10.0 Å². The molecule has 1 saturated heterocycles. The molecule has 21 heavy (non-hydrogen) atoms. The molecular weight excluding hydrogens is 338 g/mol. The minimum absolute atomic E-state index is 0.0689. The highest BCUT2D eigenvalue weighted by Crippen LogP contribution is 2.25. The summed E-state index contributed by atoms with van der Waals surface area (Å²) < 4.78 is 6.19. The lowest BCUT2D eigenvalue weighted by Gasteiger charge is -2.36. The fourth-order valence-electron chi connectivity index (χ4n) is 2.57.